The summed E-state index contributed by atoms with van der Waals surface area (Å²) in [5.41, 5.74) is -1.32. The Morgan fingerprint density at radius 3 is 2.45 bits per heavy atom. The van der Waals surface area contributed by atoms with E-state index in [0.717, 1.165) is 25.7 Å². The summed E-state index contributed by atoms with van der Waals surface area (Å²) in [4.78, 5) is 36.9. The largest absolute Gasteiger partial charge is 0.451 e. The topological polar surface area (TPSA) is 60.4 Å². The molecule has 156 valence electrons. The summed E-state index contributed by atoms with van der Waals surface area (Å²) < 4.78 is 21.1. The van der Waals surface area contributed by atoms with E-state index in [2.05, 4.69) is 13.8 Å². The number of fused-ring (bicyclic) bond motifs is 7. The van der Waals surface area contributed by atoms with Crippen molar-refractivity contribution < 1.29 is 23.5 Å². The Morgan fingerprint density at radius 1 is 1.10 bits per heavy atom. The Balaban J connectivity index is 1.60. The van der Waals surface area contributed by atoms with Crippen molar-refractivity contribution in [2.75, 3.05) is 0 Å². The molecule has 3 fully saturated rings. The molecule has 2 unspecified atom stereocenters. The average Bonchev–Trinajstić information content (AvgIpc) is 3.39. The third-order valence-corrected chi connectivity index (χ3v) is 9.50. The highest BCUT2D eigenvalue weighted by Crippen LogP contribution is 2.72. The van der Waals surface area contributed by atoms with Gasteiger partial charge in [-0.1, -0.05) is 13.8 Å². The third kappa shape index (κ3) is 2.17. The second kappa shape index (κ2) is 5.67. The number of hydrogen-bond donors (Lipinski definition) is 0. The van der Waals surface area contributed by atoms with Crippen molar-refractivity contribution in [3.8, 4) is 0 Å². The van der Waals surface area contributed by atoms with Crippen LogP contribution in [0.5, 0.6) is 0 Å². The number of carbonyl (C=O) groups excluding carboxylic acids is 3. The molecule has 0 saturated heterocycles. The first-order valence-corrected chi connectivity index (χ1v) is 10.9. The first-order chi connectivity index (χ1) is 13.6. The van der Waals surface area contributed by atoms with Gasteiger partial charge in [-0.25, -0.2) is 4.39 Å². The molecule has 5 aliphatic carbocycles. The van der Waals surface area contributed by atoms with Crippen molar-refractivity contribution in [2.24, 2.45) is 40.4 Å². The number of rotatable bonds is 2. The smallest absolute Gasteiger partial charge is 0.303 e. The fraction of sp³-hybridized carbons (Fsp3) is 0.708. The van der Waals surface area contributed by atoms with E-state index < -0.39 is 17.0 Å². The monoisotopic (exact) mass is 400 g/mol. The van der Waals surface area contributed by atoms with E-state index in [0.29, 0.717) is 12.0 Å². The van der Waals surface area contributed by atoms with Crippen LogP contribution in [0.15, 0.2) is 23.6 Å². The van der Waals surface area contributed by atoms with E-state index in [1.165, 1.54) is 13.8 Å². The predicted molar refractivity (Wildman–Crippen MR) is 104 cm³/mol. The second-order valence-corrected chi connectivity index (χ2v) is 10.5. The fourth-order valence-electron chi connectivity index (χ4n) is 8.03. The van der Waals surface area contributed by atoms with E-state index >= 15 is 4.39 Å². The summed E-state index contributed by atoms with van der Waals surface area (Å²) in [6.45, 7) is 7.10. The number of carbonyl (C=O) groups is 3. The number of ether oxygens (including phenoxy) is 1. The highest BCUT2D eigenvalue weighted by atomic mass is 19.1. The molecule has 5 aliphatic rings. The van der Waals surface area contributed by atoms with Crippen molar-refractivity contribution in [3.05, 3.63) is 23.6 Å². The van der Waals surface area contributed by atoms with Crippen LogP contribution in [-0.2, 0) is 19.1 Å². The second-order valence-electron chi connectivity index (χ2n) is 10.5. The molecule has 5 heteroatoms. The molecule has 0 heterocycles. The van der Waals surface area contributed by atoms with E-state index in [4.69, 9.17) is 4.74 Å². The van der Waals surface area contributed by atoms with Gasteiger partial charge in [0, 0.05) is 23.7 Å². The van der Waals surface area contributed by atoms with Crippen molar-refractivity contribution >= 4 is 17.5 Å². The molecule has 0 N–H and O–H groups in total. The minimum Gasteiger partial charge on any atom is -0.451 e. The molecule has 0 spiro atoms. The van der Waals surface area contributed by atoms with Crippen LogP contribution < -0.4 is 0 Å². The molecule has 5 rings (SSSR count). The van der Waals surface area contributed by atoms with E-state index in [1.54, 1.807) is 12.2 Å². The maximum Gasteiger partial charge on any atom is 0.303 e. The van der Waals surface area contributed by atoms with Gasteiger partial charge < -0.3 is 4.74 Å². The van der Waals surface area contributed by atoms with Crippen LogP contribution in [0.25, 0.3) is 0 Å². The number of Topliss-reactive ketones (excluding diaryl/α,β-unsaturated/α-hetero) is 1. The molecule has 0 aromatic rings. The molecular formula is C24H29FO4. The molecule has 0 amide bonds. The molecule has 0 aromatic carbocycles. The maximum absolute atomic E-state index is 15.3. The Hall–Kier alpha value is -1.78. The summed E-state index contributed by atoms with van der Waals surface area (Å²) in [6, 6.07) is 0. The van der Waals surface area contributed by atoms with Crippen LogP contribution in [-0.4, -0.2) is 23.1 Å². The Bertz CT molecular complexity index is 903. The molecular weight excluding hydrogens is 371 g/mol. The summed E-state index contributed by atoms with van der Waals surface area (Å²) in [6.07, 6.45) is 7.02. The first kappa shape index (κ1) is 19.2. The Kier molecular flexibility index (Phi) is 3.76. The molecule has 8 atom stereocenters. The standard InChI is InChI=1S/C24H29FO4/c1-12(26)24(29-13(2)27)8-6-16-14-10-20(25)19-11-21(28)15-9-18(15)23(19,4)17(14)5-7-22(16,24)3/h10-11,14-18H,5-9H2,1-4H3/t14-,15?,16-,17+,18?,22-,23+,24+/m0/s1. The van der Waals surface area contributed by atoms with Crippen LogP contribution in [0.4, 0.5) is 4.39 Å². The van der Waals surface area contributed by atoms with Gasteiger partial charge in [0.05, 0.1) is 0 Å². The van der Waals surface area contributed by atoms with Gasteiger partial charge in [0.15, 0.2) is 17.2 Å². The number of halogens is 1. The van der Waals surface area contributed by atoms with Gasteiger partial charge in [-0.2, -0.15) is 0 Å². The lowest BCUT2D eigenvalue weighted by Crippen LogP contribution is -2.58. The summed E-state index contributed by atoms with van der Waals surface area (Å²) in [7, 11) is 0. The van der Waals surface area contributed by atoms with Crippen LogP contribution in [0, 0.1) is 40.4 Å². The minimum absolute atomic E-state index is 0.00198. The molecule has 4 nitrogen and oxygen atoms in total. The third-order valence-electron chi connectivity index (χ3n) is 9.50. The minimum atomic E-state index is -1.11. The van der Waals surface area contributed by atoms with E-state index in [9.17, 15) is 14.4 Å². The van der Waals surface area contributed by atoms with Gasteiger partial charge in [-0.05, 0) is 80.4 Å². The molecule has 0 bridgehead atoms. The van der Waals surface area contributed by atoms with Gasteiger partial charge in [-0.15, -0.1) is 0 Å². The van der Waals surface area contributed by atoms with Crippen molar-refractivity contribution in [1.29, 1.82) is 0 Å². The van der Waals surface area contributed by atoms with Crippen molar-refractivity contribution in [2.45, 2.75) is 65.4 Å². The van der Waals surface area contributed by atoms with Gasteiger partial charge in [0.1, 0.15) is 5.83 Å². The lowest BCUT2D eigenvalue weighted by molar-refractivity contribution is -0.185. The van der Waals surface area contributed by atoms with Crippen molar-refractivity contribution in [3.63, 3.8) is 0 Å². The lowest BCUT2D eigenvalue weighted by Gasteiger charge is -2.57. The predicted octanol–water partition coefficient (Wildman–Crippen LogP) is 4.34. The fourth-order valence-corrected chi connectivity index (χ4v) is 8.03. The van der Waals surface area contributed by atoms with Crippen LogP contribution in [0.3, 0.4) is 0 Å². The maximum atomic E-state index is 15.3. The normalized spacial score (nSPS) is 49.7. The van der Waals surface area contributed by atoms with E-state index in [-0.39, 0.29) is 52.4 Å². The molecule has 3 saturated carbocycles. The molecule has 0 aromatic heterocycles. The molecule has 0 radical (unpaired) electrons. The number of esters is 1. The number of hydrogen-bond acceptors (Lipinski definition) is 4. The summed E-state index contributed by atoms with van der Waals surface area (Å²) in [5, 5.41) is 0. The highest BCUT2D eigenvalue weighted by Gasteiger charge is 2.70. The van der Waals surface area contributed by atoms with Crippen LogP contribution >= 0.6 is 0 Å². The van der Waals surface area contributed by atoms with Gasteiger partial charge in [-0.3, -0.25) is 14.4 Å². The average molecular weight is 400 g/mol. The quantitative estimate of drug-likeness (QED) is 0.647. The van der Waals surface area contributed by atoms with Gasteiger partial charge in [0.25, 0.3) is 0 Å². The zero-order valence-corrected chi connectivity index (χ0v) is 17.6. The van der Waals surface area contributed by atoms with Crippen molar-refractivity contribution in [1.82, 2.24) is 0 Å². The zero-order chi connectivity index (χ0) is 20.9. The van der Waals surface area contributed by atoms with Gasteiger partial charge >= 0.3 is 5.97 Å². The SMILES string of the molecule is CC(=O)O[C@@]1(C(C)=O)CC[C@H]2[C@@H]3C=C(F)C4=CC(=O)C5CC5[C@@]4(C)[C@@H]3CC[C@@]21C. The number of ketones is 2. The molecule has 0 aliphatic heterocycles. The zero-order valence-electron chi connectivity index (χ0n) is 17.6. The summed E-state index contributed by atoms with van der Waals surface area (Å²) in [5.74, 6) is -0.0727. The van der Waals surface area contributed by atoms with Crippen LogP contribution in [0.2, 0.25) is 0 Å². The van der Waals surface area contributed by atoms with Crippen LogP contribution in [0.1, 0.15) is 59.8 Å². The number of allylic oxidation sites excluding steroid dienone is 4. The Labute approximate surface area is 170 Å². The molecule has 29 heavy (non-hydrogen) atoms. The van der Waals surface area contributed by atoms with E-state index in [1.807, 2.05) is 0 Å². The lowest BCUT2D eigenvalue weighted by atomic mass is 9.47. The first-order valence-electron chi connectivity index (χ1n) is 10.9. The van der Waals surface area contributed by atoms with Gasteiger partial charge in [0.2, 0.25) is 0 Å². The highest BCUT2D eigenvalue weighted by molar-refractivity contribution is 5.97. The summed E-state index contributed by atoms with van der Waals surface area (Å²) >= 11 is 0. The Morgan fingerprint density at radius 2 is 1.79 bits per heavy atom.